The van der Waals surface area contributed by atoms with Crippen molar-refractivity contribution in [2.45, 2.75) is 0 Å². The van der Waals surface area contributed by atoms with E-state index in [4.69, 9.17) is 23.2 Å². The zero-order chi connectivity index (χ0) is 14.9. The molecule has 0 fully saturated rings. The summed E-state index contributed by atoms with van der Waals surface area (Å²) < 4.78 is 26.5. The Morgan fingerprint density at radius 1 is 1.10 bits per heavy atom. The molecule has 7 heteroatoms. The first-order valence-electron chi connectivity index (χ1n) is 5.29. The molecule has 2 nitrogen and oxygen atoms in total. The summed E-state index contributed by atoms with van der Waals surface area (Å²) in [5, 5.41) is 2.09. The number of hydrogen-bond donors (Lipinski definition) is 1. The van der Waals surface area contributed by atoms with Crippen LogP contribution in [0.3, 0.4) is 0 Å². The van der Waals surface area contributed by atoms with Crippen molar-refractivity contribution in [2.24, 2.45) is 0 Å². The van der Waals surface area contributed by atoms with Crippen LogP contribution in [0.4, 0.5) is 14.5 Å². The Morgan fingerprint density at radius 2 is 1.70 bits per heavy atom. The number of amides is 1. The van der Waals surface area contributed by atoms with E-state index in [2.05, 4.69) is 21.2 Å². The van der Waals surface area contributed by atoms with Crippen LogP contribution in [0.25, 0.3) is 0 Å². The lowest BCUT2D eigenvalue weighted by atomic mass is 10.2. The lowest BCUT2D eigenvalue weighted by Gasteiger charge is -2.08. The van der Waals surface area contributed by atoms with Gasteiger partial charge in [-0.25, -0.2) is 8.78 Å². The maximum atomic E-state index is 13.2. The van der Waals surface area contributed by atoms with Crippen molar-refractivity contribution in [2.75, 3.05) is 5.32 Å². The van der Waals surface area contributed by atoms with Gasteiger partial charge in [-0.05, 0) is 46.3 Å². The molecule has 0 atom stereocenters. The number of anilines is 1. The van der Waals surface area contributed by atoms with E-state index in [0.717, 1.165) is 6.07 Å². The molecule has 0 saturated carbocycles. The SMILES string of the molecule is O=C(Nc1cc(Cl)c(F)c(Cl)c1)c1ccc(F)c(Br)c1. The number of hydrogen-bond acceptors (Lipinski definition) is 1. The average Bonchev–Trinajstić information content (AvgIpc) is 2.39. The summed E-state index contributed by atoms with van der Waals surface area (Å²) in [7, 11) is 0. The minimum atomic E-state index is -0.754. The number of halogens is 5. The van der Waals surface area contributed by atoms with Crippen LogP contribution in [0, 0.1) is 11.6 Å². The molecule has 0 saturated heterocycles. The second-order valence-electron chi connectivity index (χ2n) is 3.84. The molecule has 0 aromatic heterocycles. The van der Waals surface area contributed by atoms with Gasteiger partial charge in [-0.15, -0.1) is 0 Å². The molecule has 0 unspecified atom stereocenters. The molecule has 2 rings (SSSR count). The van der Waals surface area contributed by atoms with Crippen LogP contribution < -0.4 is 5.32 Å². The molecule has 0 spiro atoms. The van der Waals surface area contributed by atoms with Crippen molar-refractivity contribution >= 4 is 50.7 Å². The van der Waals surface area contributed by atoms with Crippen molar-refractivity contribution in [3.05, 3.63) is 62.0 Å². The molecule has 0 heterocycles. The number of rotatable bonds is 2. The van der Waals surface area contributed by atoms with E-state index in [1.165, 1.54) is 24.3 Å². The third-order valence-corrected chi connectivity index (χ3v) is 3.58. The zero-order valence-corrected chi connectivity index (χ0v) is 12.8. The topological polar surface area (TPSA) is 29.1 Å². The Hall–Kier alpha value is -1.17. The molecule has 1 amide bonds. The highest BCUT2D eigenvalue weighted by molar-refractivity contribution is 9.10. The largest absolute Gasteiger partial charge is 0.322 e. The van der Waals surface area contributed by atoms with E-state index in [9.17, 15) is 13.6 Å². The summed E-state index contributed by atoms with van der Waals surface area (Å²) in [4.78, 5) is 12.0. The van der Waals surface area contributed by atoms with Gasteiger partial charge >= 0.3 is 0 Å². The molecule has 0 radical (unpaired) electrons. The van der Waals surface area contributed by atoms with E-state index in [0.29, 0.717) is 0 Å². The summed E-state index contributed by atoms with van der Waals surface area (Å²) in [5.41, 5.74) is 0.474. The molecule has 0 aliphatic rings. The predicted octanol–water partition coefficient (Wildman–Crippen LogP) is 5.29. The van der Waals surface area contributed by atoms with Gasteiger partial charge in [0, 0.05) is 11.3 Å². The Morgan fingerprint density at radius 3 is 2.25 bits per heavy atom. The lowest BCUT2D eigenvalue weighted by Crippen LogP contribution is -2.12. The Bertz CT molecular complexity index is 671. The van der Waals surface area contributed by atoms with Gasteiger partial charge in [0.25, 0.3) is 5.91 Å². The van der Waals surface area contributed by atoms with Crippen molar-refractivity contribution in [1.82, 2.24) is 0 Å². The Balaban J connectivity index is 2.25. The summed E-state index contributed by atoms with van der Waals surface area (Å²) in [5.74, 6) is -1.73. The summed E-state index contributed by atoms with van der Waals surface area (Å²) in [6.45, 7) is 0. The minimum Gasteiger partial charge on any atom is -0.322 e. The Labute approximate surface area is 131 Å². The maximum Gasteiger partial charge on any atom is 0.255 e. The quantitative estimate of drug-likeness (QED) is 0.705. The lowest BCUT2D eigenvalue weighted by molar-refractivity contribution is 0.102. The van der Waals surface area contributed by atoms with Gasteiger partial charge < -0.3 is 5.32 Å². The van der Waals surface area contributed by atoms with Crippen LogP contribution in [-0.4, -0.2) is 5.91 Å². The first-order valence-corrected chi connectivity index (χ1v) is 6.84. The normalized spacial score (nSPS) is 10.4. The van der Waals surface area contributed by atoms with Crippen molar-refractivity contribution in [1.29, 1.82) is 0 Å². The van der Waals surface area contributed by atoms with Crippen molar-refractivity contribution in [3.63, 3.8) is 0 Å². The first-order chi connectivity index (χ1) is 9.38. The summed E-state index contributed by atoms with van der Waals surface area (Å²) in [6.07, 6.45) is 0. The molecule has 20 heavy (non-hydrogen) atoms. The van der Waals surface area contributed by atoms with Gasteiger partial charge in [0.1, 0.15) is 5.82 Å². The fourth-order valence-electron chi connectivity index (χ4n) is 1.47. The first kappa shape index (κ1) is 15.2. The number of benzene rings is 2. The van der Waals surface area contributed by atoms with Gasteiger partial charge in [0.2, 0.25) is 0 Å². The zero-order valence-electron chi connectivity index (χ0n) is 9.68. The van der Waals surface area contributed by atoms with Gasteiger partial charge in [0.15, 0.2) is 5.82 Å². The van der Waals surface area contributed by atoms with Crippen LogP contribution in [0.15, 0.2) is 34.8 Å². The van der Waals surface area contributed by atoms with Crippen molar-refractivity contribution < 1.29 is 13.6 Å². The highest BCUT2D eigenvalue weighted by Crippen LogP contribution is 2.27. The van der Waals surface area contributed by atoms with Crippen molar-refractivity contribution in [3.8, 4) is 0 Å². The van der Waals surface area contributed by atoms with E-state index in [1.807, 2.05) is 0 Å². The molecule has 0 bridgehead atoms. The highest BCUT2D eigenvalue weighted by atomic mass is 79.9. The maximum absolute atomic E-state index is 13.2. The standard InChI is InChI=1S/C13H6BrCl2F2NO/c14-8-3-6(1-2-11(8)17)13(20)19-7-4-9(15)12(18)10(16)5-7/h1-5H,(H,19,20). The minimum absolute atomic E-state index is 0.167. The second kappa shape index (κ2) is 6.08. The van der Waals surface area contributed by atoms with Gasteiger partial charge in [-0.3, -0.25) is 4.79 Å². The summed E-state index contributed by atoms with van der Waals surface area (Å²) in [6, 6.07) is 6.28. The molecule has 2 aromatic rings. The second-order valence-corrected chi connectivity index (χ2v) is 5.51. The molecular weight excluding hydrogens is 375 g/mol. The fraction of sp³-hybridized carbons (Fsp3) is 0. The van der Waals surface area contributed by atoms with Crippen LogP contribution in [0.1, 0.15) is 10.4 Å². The van der Waals surface area contributed by atoms with E-state index in [-0.39, 0.29) is 25.8 Å². The van der Waals surface area contributed by atoms with E-state index in [1.54, 1.807) is 0 Å². The van der Waals surface area contributed by atoms with E-state index < -0.39 is 17.5 Å². The van der Waals surface area contributed by atoms with Crippen LogP contribution in [0.5, 0.6) is 0 Å². The van der Waals surface area contributed by atoms with Crippen LogP contribution in [0.2, 0.25) is 10.0 Å². The smallest absolute Gasteiger partial charge is 0.255 e. The van der Waals surface area contributed by atoms with Gasteiger partial charge in [0.05, 0.1) is 14.5 Å². The van der Waals surface area contributed by atoms with E-state index >= 15 is 0 Å². The van der Waals surface area contributed by atoms with Crippen LogP contribution >= 0.6 is 39.1 Å². The van der Waals surface area contributed by atoms with Gasteiger partial charge in [-0.1, -0.05) is 23.2 Å². The predicted molar refractivity (Wildman–Crippen MR) is 78.5 cm³/mol. The molecule has 0 aliphatic heterocycles. The summed E-state index contributed by atoms with van der Waals surface area (Å²) >= 11 is 14.2. The monoisotopic (exact) mass is 379 g/mol. The molecule has 104 valence electrons. The molecule has 1 N–H and O–H groups in total. The van der Waals surface area contributed by atoms with Crippen LogP contribution in [-0.2, 0) is 0 Å². The third kappa shape index (κ3) is 3.29. The average molecular weight is 381 g/mol. The number of carbonyl (C=O) groups excluding carboxylic acids is 1. The molecule has 2 aromatic carbocycles. The Kier molecular flexibility index (Phi) is 4.62. The third-order valence-electron chi connectivity index (χ3n) is 2.42. The highest BCUT2D eigenvalue weighted by Gasteiger charge is 2.12. The molecule has 0 aliphatic carbocycles. The fourth-order valence-corrected chi connectivity index (χ4v) is 2.33. The number of carbonyl (C=O) groups is 1. The van der Waals surface area contributed by atoms with Gasteiger partial charge in [-0.2, -0.15) is 0 Å². The number of nitrogens with one attached hydrogen (secondary N) is 1. The molecular formula is C13H6BrCl2F2NO.